The predicted octanol–water partition coefficient (Wildman–Crippen LogP) is 2.42. The molecular formula is C12H27NO. The van der Waals surface area contributed by atoms with Crippen molar-refractivity contribution in [1.82, 2.24) is 5.32 Å². The molecule has 2 N–H and O–H groups in total. The molecule has 0 spiro atoms. The summed E-state index contributed by atoms with van der Waals surface area (Å²) in [5.41, 5.74) is 0.397. The highest BCUT2D eigenvalue weighted by molar-refractivity contribution is 4.72. The maximum absolute atomic E-state index is 8.90. The molecule has 2 nitrogen and oxygen atoms in total. The number of rotatable bonds is 6. The maximum Gasteiger partial charge on any atom is 0.0445 e. The first kappa shape index (κ1) is 13.9. The van der Waals surface area contributed by atoms with Crippen LogP contribution >= 0.6 is 0 Å². The topological polar surface area (TPSA) is 32.3 Å². The Bertz CT molecular complexity index is 138. The molecule has 86 valence electrons. The van der Waals surface area contributed by atoms with E-state index >= 15 is 0 Å². The van der Waals surface area contributed by atoms with E-state index in [2.05, 4.69) is 39.9 Å². The van der Waals surface area contributed by atoms with Gasteiger partial charge in [-0.05, 0) is 30.7 Å². The van der Waals surface area contributed by atoms with Gasteiger partial charge >= 0.3 is 0 Å². The Labute approximate surface area is 89.1 Å². The number of hydrogen-bond acceptors (Lipinski definition) is 2. The summed E-state index contributed by atoms with van der Waals surface area (Å²) < 4.78 is 0. The zero-order valence-corrected chi connectivity index (χ0v) is 10.4. The molecule has 2 heteroatoms. The average Bonchev–Trinajstić information content (AvgIpc) is 2.00. The van der Waals surface area contributed by atoms with Crippen molar-refractivity contribution in [3.05, 3.63) is 0 Å². The number of nitrogens with one attached hydrogen (secondary N) is 1. The Hall–Kier alpha value is -0.0800. The van der Waals surface area contributed by atoms with Crippen LogP contribution in [0.4, 0.5) is 0 Å². The molecule has 0 heterocycles. The Morgan fingerprint density at radius 3 is 2.14 bits per heavy atom. The van der Waals surface area contributed by atoms with Crippen molar-refractivity contribution in [3.8, 4) is 0 Å². The van der Waals surface area contributed by atoms with E-state index in [1.165, 1.54) is 6.42 Å². The molecule has 0 aliphatic rings. The molecular weight excluding hydrogens is 174 g/mol. The monoisotopic (exact) mass is 201 g/mol. The molecule has 0 radical (unpaired) electrons. The molecule has 0 aromatic heterocycles. The molecule has 0 bridgehead atoms. The molecule has 0 saturated carbocycles. The van der Waals surface area contributed by atoms with Crippen molar-refractivity contribution in [2.45, 2.75) is 53.5 Å². The maximum atomic E-state index is 8.90. The zero-order chi connectivity index (χ0) is 11.2. The average molecular weight is 201 g/mol. The van der Waals surface area contributed by atoms with Gasteiger partial charge < -0.3 is 10.4 Å². The summed E-state index contributed by atoms with van der Waals surface area (Å²) in [6, 6.07) is 0.461. The quantitative estimate of drug-likeness (QED) is 0.692. The summed E-state index contributed by atoms with van der Waals surface area (Å²) in [6.07, 6.45) is 2.05. The van der Waals surface area contributed by atoms with Gasteiger partial charge in [0, 0.05) is 12.6 Å². The van der Waals surface area contributed by atoms with Crippen molar-refractivity contribution < 1.29 is 5.11 Å². The highest BCUT2D eigenvalue weighted by Crippen LogP contribution is 2.17. The fraction of sp³-hybridized carbons (Fsp3) is 1.00. The van der Waals surface area contributed by atoms with Crippen LogP contribution in [0, 0.1) is 11.3 Å². The Morgan fingerprint density at radius 2 is 1.79 bits per heavy atom. The van der Waals surface area contributed by atoms with Crippen LogP contribution in [0.15, 0.2) is 0 Å². The van der Waals surface area contributed by atoms with Crippen molar-refractivity contribution in [3.63, 3.8) is 0 Å². The fourth-order valence-electron chi connectivity index (χ4n) is 1.44. The minimum atomic E-state index is 0.283. The third-order valence-electron chi connectivity index (χ3n) is 2.53. The second kappa shape index (κ2) is 6.41. The first-order valence-electron chi connectivity index (χ1n) is 5.71. The molecule has 0 aliphatic carbocycles. The first-order valence-corrected chi connectivity index (χ1v) is 5.71. The van der Waals surface area contributed by atoms with E-state index in [0.29, 0.717) is 17.4 Å². The molecule has 14 heavy (non-hydrogen) atoms. The number of aliphatic hydroxyl groups excluding tert-OH is 1. The molecule has 0 aromatic rings. The number of aliphatic hydroxyl groups is 1. The molecule has 0 fully saturated rings. The Morgan fingerprint density at radius 1 is 1.21 bits per heavy atom. The van der Waals surface area contributed by atoms with Gasteiger partial charge in [0.05, 0.1) is 0 Å². The normalized spacial score (nSPS) is 14.8. The fourth-order valence-corrected chi connectivity index (χ4v) is 1.44. The van der Waals surface area contributed by atoms with Crippen LogP contribution in [0.1, 0.15) is 47.5 Å². The Balaban J connectivity index is 3.72. The van der Waals surface area contributed by atoms with Crippen LogP contribution in [0.5, 0.6) is 0 Å². The van der Waals surface area contributed by atoms with Gasteiger partial charge in [0.2, 0.25) is 0 Å². The lowest BCUT2D eigenvalue weighted by Gasteiger charge is -2.24. The van der Waals surface area contributed by atoms with E-state index < -0.39 is 0 Å². The largest absolute Gasteiger partial charge is 0.396 e. The van der Waals surface area contributed by atoms with Gasteiger partial charge in [-0.25, -0.2) is 0 Å². The molecule has 0 aromatic carbocycles. The highest BCUT2D eigenvalue weighted by atomic mass is 16.3. The van der Waals surface area contributed by atoms with Crippen molar-refractivity contribution >= 4 is 0 Å². The molecule has 0 rings (SSSR count). The number of hydrogen-bond donors (Lipinski definition) is 2. The van der Waals surface area contributed by atoms with Gasteiger partial charge in [-0.3, -0.25) is 0 Å². The van der Waals surface area contributed by atoms with E-state index in [0.717, 1.165) is 13.0 Å². The van der Waals surface area contributed by atoms with E-state index in [4.69, 9.17) is 5.11 Å². The van der Waals surface area contributed by atoms with Crippen LogP contribution in [0.2, 0.25) is 0 Å². The summed E-state index contributed by atoms with van der Waals surface area (Å²) in [7, 11) is 0. The minimum Gasteiger partial charge on any atom is -0.396 e. The van der Waals surface area contributed by atoms with Crippen LogP contribution in [-0.2, 0) is 0 Å². The van der Waals surface area contributed by atoms with E-state index in [9.17, 15) is 0 Å². The van der Waals surface area contributed by atoms with E-state index in [1.807, 2.05) is 0 Å². The summed E-state index contributed by atoms with van der Waals surface area (Å²) in [4.78, 5) is 0. The van der Waals surface area contributed by atoms with Crippen molar-refractivity contribution in [1.29, 1.82) is 0 Å². The Kier molecular flexibility index (Phi) is 6.38. The van der Waals surface area contributed by atoms with Crippen molar-refractivity contribution in [2.24, 2.45) is 11.3 Å². The molecule has 1 unspecified atom stereocenters. The summed E-state index contributed by atoms with van der Waals surface area (Å²) in [5.74, 6) is 0.599. The van der Waals surface area contributed by atoms with Gasteiger partial charge in [0.1, 0.15) is 0 Å². The van der Waals surface area contributed by atoms with Gasteiger partial charge in [-0.2, -0.15) is 0 Å². The molecule has 0 saturated heterocycles. The summed E-state index contributed by atoms with van der Waals surface area (Å²) in [5, 5.41) is 12.4. The van der Waals surface area contributed by atoms with Gasteiger partial charge in [-0.1, -0.05) is 34.6 Å². The smallest absolute Gasteiger partial charge is 0.0445 e. The zero-order valence-electron chi connectivity index (χ0n) is 10.4. The SMILES string of the molecule is CC(C)C(CCO)NCCC(C)(C)C. The summed E-state index contributed by atoms with van der Waals surface area (Å²) in [6.45, 7) is 12.5. The summed E-state index contributed by atoms with van der Waals surface area (Å²) >= 11 is 0. The molecule has 0 aliphatic heterocycles. The third kappa shape index (κ3) is 7.34. The lowest BCUT2D eigenvalue weighted by atomic mass is 9.92. The second-order valence-corrected chi connectivity index (χ2v) is 5.63. The van der Waals surface area contributed by atoms with Gasteiger partial charge in [-0.15, -0.1) is 0 Å². The van der Waals surface area contributed by atoms with Crippen LogP contribution in [0.25, 0.3) is 0 Å². The van der Waals surface area contributed by atoms with E-state index in [-0.39, 0.29) is 6.61 Å². The van der Waals surface area contributed by atoms with Crippen LogP contribution in [-0.4, -0.2) is 24.3 Å². The highest BCUT2D eigenvalue weighted by Gasteiger charge is 2.14. The van der Waals surface area contributed by atoms with Gasteiger partial charge in [0.25, 0.3) is 0 Å². The third-order valence-corrected chi connectivity index (χ3v) is 2.53. The van der Waals surface area contributed by atoms with Crippen molar-refractivity contribution in [2.75, 3.05) is 13.2 Å². The lowest BCUT2D eigenvalue weighted by molar-refractivity contribution is 0.239. The van der Waals surface area contributed by atoms with E-state index in [1.54, 1.807) is 0 Å². The molecule has 1 atom stereocenters. The predicted molar refractivity (Wildman–Crippen MR) is 62.4 cm³/mol. The first-order chi connectivity index (χ1) is 6.37. The van der Waals surface area contributed by atoms with Gasteiger partial charge in [0.15, 0.2) is 0 Å². The van der Waals surface area contributed by atoms with Crippen LogP contribution in [0.3, 0.4) is 0 Å². The van der Waals surface area contributed by atoms with Crippen LogP contribution < -0.4 is 5.32 Å². The second-order valence-electron chi connectivity index (χ2n) is 5.63. The standard InChI is InChI=1S/C12H27NO/c1-10(2)11(6-9-14)13-8-7-12(3,4)5/h10-11,13-14H,6-9H2,1-5H3. The molecule has 0 amide bonds. The lowest BCUT2D eigenvalue weighted by Crippen LogP contribution is -2.36. The minimum absolute atomic E-state index is 0.283.